The molecule has 3 aromatic carbocycles. The lowest BCUT2D eigenvalue weighted by Crippen LogP contribution is -2.42. The number of thioether (sulfide) groups is 1. The smallest absolute Gasteiger partial charge is 0.416 e. The van der Waals surface area contributed by atoms with Crippen LogP contribution in [0.5, 0.6) is 5.75 Å². The maximum absolute atomic E-state index is 12.8. The molecule has 0 N–H and O–H groups in total. The van der Waals surface area contributed by atoms with Crippen LogP contribution in [0.3, 0.4) is 0 Å². The molecule has 3 rings (SSSR count). The zero-order chi connectivity index (χ0) is 25.6. The maximum atomic E-state index is 12.8. The third-order valence-corrected chi connectivity index (χ3v) is 6.83. The van der Waals surface area contributed by atoms with E-state index in [1.165, 1.54) is 12.1 Å². The van der Waals surface area contributed by atoms with E-state index in [4.69, 9.17) is 9.47 Å². The molecule has 3 aromatic rings. The SMILES string of the molecule is CCOC(=O)C(C)(CC)Oc1ccc(SCc2ccc(-c3ccc(C(F)(F)F)cc3)cc2)cc1C. The van der Waals surface area contributed by atoms with Crippen molar-refractivity contribution in [2.45, 2.75) is 56.5 Å². The van der Waals surface area contributed by atoms with Gasteiger partial charge in [-0.25, -0.2) is 4.79 Å². The zero-order valence-electron chi connectivity index (χ0n) is 20.2. The van der Waals surface area contributed by atoms with E-state index in [9.17, 15) is 18.0 Å². The number of carbonyl (C=O) groups excluding carboxylic acids is 1. The van der Waals surface area contributed by atoms with Crippen molar-refractivity contribution < 1.29 is 27.4 Å². The van der Waals surface area contributed by atoms with Gasteiger partial charge in [0.25, 0.3) is 0 Å². The highest BCUT2D eigenvalue weighted by atomic mass is 32.2. The first-order valence-electron chi connectivity index (χ1n) is 11.4. The zero-order valence-corrected chi connectivity index (χ0v) is 21.1. The number of ether oxygens (including phenoxy) is 2. The molecule has 0 fully saturated rings. The highest BCUT2D eigenvalue weighted by Gasteiger charge is 2.35. The Morgan fingerprint density at radius 1 is 0.914 bits per heavy atom. The summed E-state index contributed by atoms with van der Waals surface area (Å²) >= 11 is 1.67. The van der Waals surface area contributed by atoms with Gasteiger partial charge in [-0.05, 0) is 79.8 Å². The van der Waals surface area contributed by atoms with Gasteiger partial charge in [0.1, 0.15) is 5.75 Å². The summed E-state index contributed by atoms with van der Waals surface area (Å²) < 4.78 is 49.5. The summed E-state index contributed by atoms with van der Waals surface area (Å²) in [5, 5.41) is 0. The van der Waals surface area contributed by atoms with Crippen molar-refractivity contribution in [2.75, 3.05) is 6.61 Å². The number of benzene rings is 3. The van der Waals surface area contributed by atoms with E-state index in [-0.39, 0.29) is 5.97 Å². The van der Waals surface area contributed by atoms with E-state index in [1.807, 2.05) is 56.3 Å². The van der Waals surface area contributed by atoms with Crippen LogP contribution in [0.15, 0.2) is 71.6 Å². The van der Waals surface area contributed by atoms with E-state index in [1.54, 1.807) is 25.6 Å². The Morgan fingerprint density at radius 2 is 1.51 bits per heavy atom. The normalized spacial score (nSPS) is 13.2. The number of aryl methyl sites for hydroxylation is 1. The molecule has 1 atom stereocenters. The highest BCUT2D eigenvalue weighted by molar-refractivity contribution is 7.98. The minimum Gasteiger partial charge on any atom is -0.476 e. The lowest BCUT2D eigenvalue weighted by atomic mass is 10.0. The molecule has 7 heteroatoms. The van der Waals surface area contributed by atoms with Gasteiger partial charge in [-0.15, -0.1) is 11.8 Å². The van der Waals surface area contributed by atoms with Crippen LogP contribution < -0.4 is 4.74 Å². The molecule has 1 unspecified atom stereocenters. The predicted molar refractivity (Wildman–Crippen MR) is 134 cm³/mol. The minimum absolute atomic E-state index is 0.303. The topological polar surface area (TPSA) is 35.5 Å². The fourth-order valence-electron chi connectivity index (χ4n) is 3.42. The third kappa shape index (κ3) is 6.82. The fourth-order valence-corrected chi connectivity index (χ4v) is 4.37. The van der Waals surface area contributed by atoms with E-state index in [0.717, 1.165) is 45.0 Å². The molecule has 0 spiro atoms. The van der Waals surface area contributed by atoms with Crippen molar-refractivity contribution in [1.82, 2.24) is 0 Å². The Balaban J connectivity index is 1.63. The monoisotopic (exact) mass is 502 g/mol. The second-order valence-corrected chi connectivity index (χ2v) is 9.44. The van der Waals surface area contributed by atoms with Gasteiger partial charge in [-0.1, -0.05) is 43.3 Å². The fraction of sp³-hybridized carbons (Fsp3) is 0.321. The molecule has 0 saturated carbocycles. The molecule has 0 heterocycles. The van der Waals surface area contributed by atoms with Gasteiger partial charge in [-0.3, -0.25) is 0 Å². The molecule has 0 bridgehead atoms. The second kappa shape index (κ2) is 11.2. The second-order valence-electron chi connectivity index (χ2n) is 8.39. The van der Waals surface area contributed by atoms with Crippen LogP contribution in [0.1, 0.15) is 43.9 Å². The number of halogens is 3. The first kappa shape index (κ1) is 26.7. The summed E-state index contributed by atoms with van der Waals surface area (Å²) in [7, 11) is 0. The summed E-state index contributed by atoms with van der Waals surface area (Å²) in [5.41, 5.74) is 1.95. The lowest BCUT2D eigenvalue weighted by Gasteiger charge is -2.28. The van der Waals surface area contributed by atoms with Crippen LogP contribution in [-0.4, -0.2) is 18.2 Å². The third-order valence-electron chi connectivity index (χ3n) is 5.77. The van der Waals surface area contributed by atoms with Crippen LogP contribution in [0.4, 0.5) is 13.2 Å². The molecule has 3 nitrogen and oxygen atoms in total. The number of hydrogen-bond acceptors (Lipinski definition) is 4. The van der Waals surface area contributed by atoms with Crippen molar-refractivity contribution in [1.29, 1.82) is 0 Å². The Bertz CT molecular complexity index is 1140. The Labute approximate surface area is 208 Å². The van der Waals surface area contributed by atoms with Gasteiger partial charge >= 0.3 is 12.1 Å². The molecule has 0 saturated heterocycles. The van der Waals surface area contributed by atoms with E-state index < -0.39 is 17.3 Å². The molecule has 0 radical (unpaired) electrons. The van der Waals surface area contributed by atoms with Crippen LogP contribution in [0, 0.1) is 6.92 Å². The summed E-state index contributed by atoms with van der Waals surface area (Å²) in [4.78, 5) is 13.4. The Kier molecular flexibility index (Phi) is 8.54. The Hall–Kier alpha value is -2.93. The van der Waals surface area contributed by atoms with Gasteiger partial charge < -0.3 is 9.47 Å². The molecule has 0 amide bonds. The van der Waals surface area contributed by atoms with Crippen LogP contribution >= 0.6 is 11.8 Å². The van der Waals surface area contributed by atoms with Crippen LogP contribution in [0.25, 0.3) is 11.1 Å². The van der Waals surface area contributed by atoms with E-state index in [2.05, 4.69) is 0 Å². The van der Waals surface area contributed by atoms with Crippen molar-refractivity contribution in [2.24, 2.45) is 0 Å². The summed E-state index contributed by atoms with van der Waals surface area (Å²) in [6.07, 6.45) is -3.84. The molecular weight excluding hydrogens is 473 g/mol. The van der Waals surface area contributed by atoms with Gasteiger partial charge in [0.15, 0.2) is 0 Å². The summed E-state index contributed by atoms with van der Waals surface area (Å²) in [5.74, 6) is 1.01. The Morgan fingerprint density at radius 3 is 2.03 bits per heavy atom. The first-order valence-corrected chi connectivity index (χ1v) is 12.4. The molecular formula is C28H29F3O3S. The van der Waals surface area contributed by atoms with Crippen molar-refractivity contribution >= 4 is 17.7 Å². The average Bonchev–Trinajstić information content (AvgIpc) is 2.84. The van der Waals surface area contributed by atoms with Gasteiger partial charge in [0.2, 0.25) is 5.60 Å². The molecule has 0 aliphatic heterocycles. The number of hydrogen-bond donors (Lipinski definition) is 0. The number of alkyl halides is 3. The molecule has 0 aromatic heterocycles. The molecule has 0 aliphatic rings. The maximum Gasteiger partial charge on any atom is 0.416 e. The van der Waals surface area contributed by atoms with Crippen LogP contribution in [0.2, 0.25) is 0 Å². The molecule has 0 aliphatic carbocycles. The predicted octanol–water partition coefficient (Wildman–Crippen LogP) is 8.08. The van der Waals surface area contributed by atoms with Crippen LogP contribution in [-0.2, 0) is 21.5 Å². The van der Waals surface area contributed by atoms with Crippen molar-refractivity contribution in [3.05, 3.63) is 83.4 Å². The van der Waals surface area contributed by atoms with Gasteiger partial charge in [0, 0.05) is 10.6 Å². The molecule has 35 heavy (non-hydrogen) atoms. The van der Waals surface area contributed by atoms with Crippen molar-refractivity contribution in [3.8, 4) is 16.9 Å². The summed E-state index contributed by atoms with van der Waals surface area (Å²) in [6.45, 7) is 7.64. The van der Waals surface area contributed by atoms with Crippen molar-refractivity contribution in [3.63, 3.8) is 0 Å². The van der Waals surface area contributed by atoms with Gasteiger partial charge in [-0.2, -0.15) is 13.2 Å². The van der Waals surface area contributed by atoms with E-state index in [0.29, 0.717) is 18.8 Å². The quantitative estimate of drug-likeness (QED) is 0.219. The summed E-state index contributed by atoms with van der Waals surface area (Å²) in [6, 6.07) is 18.8. The lowest BCUT2D eigenvalue weighted by molar-refractivity contribution is -0.160. The number of esters is 1. The number of carbonyl (C=O) groups is 1. The number of rotatable bonds is 9. The largest absolute Gasteiger partial charge is 0.476 e. The van der Waals surface area contributed by atoms with Gasteiger partial charge in [0.05, 0.1) is 12.2 Å². The standard InChI is InChI=1S/C28H29F3O3S/c1-5-27(4,26(32)33-6-2)34-25-16-15-24(17-19(25)3)35-18-20-7-9-21(10-8-20)22-11-13-23(14-12-22)28(29,30)31/h7-17H,5-6,18H2,1-4H3. The highest BCUT2D eigenvalue weighted by Crippen LogP contribution is 2.33. The average molecular weight is 503 g/mol. The molecule has 186 valence electrons. The van der Waals surface area contributed by atoms with E-state index >= 15 is 0 Å². The minimum atomic E-state index is -4.33. The first-order chi connectivity index (χ1) is 16.6.